The summed E-state index contributed by atoms with van der Waals surface area (Å²) in [6, 6.07) is 0. The standard InChI is InChI=1S/C16H28O6/c1-8(2)6-11(14(17)18)13(16(21)22)12(15(19)20)7-10(5)9(3)4/h8-13H,6-7H2,1-5H3,(H,17,18)(H,19,20)(H,21,22)/p-3. The van der Waals surface area contributed by atoms with Crippen LogP contribution in [0.15, 0.2) is 0 Å². The maximum absolute atomic E-state index is 11.4. The second-order valence-corrected chi connectivity index (χ2v) is 6.78. The van der Waals surface area contributed by atoms with Crippen molar-refractivity contribution >= 4 is 17.9 Å². The third kappa shape index (κ3) is 6.03. The van der Waals surface area contributed by atoms with Crippen LogP contribution in [0.2, 0.25) is 0 Å². The Morgan fingerprint density at radius 3 is 1.41 bits per heavy atom. The predicted octanol–water partition coefficient (Wildman–Crippen LogP) is -1.19. The second-order valence-electron chi connectivity index (χ2n) is 6.78. The van der Waals surface area contributed by atoms with E-state index >= 15 is 0 Å². The zero-order valence-corrected chi connectivity index (χ0v) is 13.8. The molecule has 6 nitrogen and oxygen atoms in total. The van der Waals surface area contributed by atoms with Crippen LogP contribution < -0.4 is 15.3 Å². The van der Waals surface area contributed by atoms with Gasteiger partial charge in [0.15, 0.2) is 0 Å². The van der Waals surface area contributed by atoms with Gasteiger partial charge in [0.1, 0.15) is 0 Å². The van der Waals surface area contributed by atoms with Gasteiger partial charge in [-0.25, -0.2) is 0 Å². The summed E-state index contributed by atoms with van der Waals surface area (Å²) >= 11 is 0. The van der Waals surface area contributed by atoms with E-state index in [1.807, 2.05) is 13.8 Å². The number of carboxylic acid groups (broad SMARTS) is 3. The quantitative estimate of drug-likeness (QED) is 0.500. The molecule has 4 atom stereocenters. The first-order chi connectivity index (χ1) is 9.98. The lowest BCUT2D eigenvalue weighted by Gasteiger charge is -2.38. The summed E-state index contributed by atoms with van der Waals surface area (Å²) in [5.74, 6) is -9.35. The summed E-state index contributed by atoms with van der Waals surface area (Å²) in [7, 11) is 0. The van der Waals surface area contributed by atoms with Crippen molar-refractivity contribution in [1.29, 1.82) is 0 Å². The molecule has 0 N–H and O–H groups in total. The van der Waals surface area contributed by atoms with Gasteiger partial charge < -0.3 is 29.7 Å². The molecule has 0 saturated carbocycles. The number of carbonyl (C=O) groups excluding carboxylic acids is 3. The van der Waals surface area contributed by atoms with E-state index in [0.717, 1.165) is 0 Å². The molecule has 0 spiro atoms. The van der Waals surface area contributed by atoms with Gasteiger partial charge in [-0.2, -0.15) is 0 Å². The first-order valence-electron chi connectivity index (χ1n) is 7.61. The Morgan fingerprint density at radius 1 is 0.727 bits per heavy atom. The topological polar surface area (TPSA) is 120 Å². The van der Waals surface area contributed by atoms with Crippen LogP contribution in [0.25, 0.3) is 0 Å². The molecular formula is C16H25O6-3. The molecule has 0 aromatic heterocycles. The number of carboxylic acids is 3. The molecule has 22 heavy (non-hydrogen) atoms. The van der Waals surface area contributed by atoms with Crippen molar-refractivity contribution in [2.45, 2.75) is 47.5 Å². The van der Waals surface area contributed by atoms with E-state index in [4.69, 9.17) is 0 Å². The van der Waals surface area contributed by atoms with Crippen molar-refractivity contribution in [2.24, 2.45) is 35.5 Å². The number of carbonyl (C=O) groups is 3. The molecule has 0 rings (SSSR count). The SMILES string of the molecule is CC(C)CC(C(=O)[O-])C(C(=O)[O-])C(CC(C)C(C)C)C(=O)[O-]. The average molecular weight is 313 g/mol. The molecule has 0 heterocycles. The molecule has 0 aliphatic rings. The summed E-state index contributed by atoms with van der Waals surface area (Å²) in [6.45, 7) is 9.02. The Bertz CT molecular complexity index is 401. The lowest BCUT2D eigenvalue weighted by molar-refractivity contribution is -0.337. The van der Waals surface area contributed by atoms with Crippen molar-refractivity contribution in [1.82, 2.24) is 0 Å². The number of hydrogen-bond acceptors (Lipinski definition) is 6. The third-order valence-corrected chi connectivity index (χ3v) is 4.23. The van der Waals surface area contributed by atoms with Crippen LogP contribution >= 0.6 is 0 Å². The lowest BCUT2D eigenvalue weighted by atomic mass is 9.73. The molecule has 0 amide bonds. The molecule has 4 unspecified atom stereocenters. The van der Waals surface area contributed by atoms with Crippen LogP contribution in [0.4, 0.5) is 0 Å². The molecule has 0 aromatic carbocycles. The van der Waals surface area contributed by atoms with Crippen LogP contribution in [0.1, 0.15) is 47.5 Å². The van der Waals surface area contributed by atoms with Gasteiger partial charge in [-0.3, -0.25) is 0 Å². The highest BCUT2D eigenvalue weighted by molar-refractivity contribution is 5.83. The summed E-state index contributed by atoms with van der Waals surface area (Å²) in [4.78, 5) is 34.1. The monoisotopic (exact) mass is 313 g/mol. The molecule has 0 saturated heterocycles. The minimum atomic E-state index is -1.68. The summed E-state index contributed by atoms with van der Waals surface area (Å²) in [5.41, 5.74) is 0. The van der Waals surface area contributed by atoms with Gasteiger partial charge in [0.25, 0.3) is 0 Å². The summed E-state index contributed by atoms with van der Waals surface area (Å²) in [5, 5.41) is 34.1. The van der Waals surface area contributed by atoms with E-state index in [1.165, 1.54) is 0 Å². The van der Waals surface area contributed by atoms with E-state index < -0.39 is 35.7 Å². The van der Waals surface area contributed by atoms with Gasteiger partial charge in [0, 0.05) is 35.7 Å². The van der Waals surface area contributed by atoms with E-state index in [0.29, 0.717) is 0 Å². The molecule has 0 aliphatic carbocycles. The van der Waals surface area contributed by atoms with Gasteiger partial charge in [-0.15, -0.1) is 0 Å². The normalized spacial score (nSPS) is 17.0. The van der Waals surface area contributed by atoms with Crippen LogP contribution in [-0.2, 0) is 14.4 Å². The highest BCUT2D eigenvalue weighted by atomic mass is 16.4. The lowest BCUT2D eigenvalue weighted by Crippen LogP contribution is -2.52. The van der Waals surface area contributed by atoms with E-state index in [9.17, 15) is 29.7 Å². The van der Waals surface area contributed by atoms with Crippen molar-refractivity contribution in [2.75, 3.05) is 0 Å². The van der Waals surface area contributed by atoms with Crippen molar-refractivity contribution in [3.8, 4) is 0 Å². The third-order valence-electron chi connectivity index (χ3n) is 4.23. The molecule has 6 heteroatoms. The molecule has 0 aromatic rings. The molecular weight excluding hydrogens is 288 g/mol. The van der Waals surface area contributed by atoms with Gasteiger partial charge in [0.05, 0.1) is 0 Å². The highest BCUT2D eigenvalue weighted by Crippen LogP contribution is 2.32. The molecule has 0 radical (unpaired) electrons. The predicted molar refractivity (Wildman–Crippen MR) is 73.6 cm³/mol. The fourth-order valence-electron chi connectivity index (χ4n) is 2.57. The molecule has 0 aliphatic heterocycles. The average Bonchev–Trinajstić information content (AvgIpc) is 2.34. The van der Waals surface area contributed by atoms with Crippen molar-refractivity contribution in [3.63, 3.8) is 0 Å². The first-order valence-corrected chi connectivity index (χ1v) is 7.61. The van der Waals surface area contributed by atoms with Crippen LogP contribution in [-0.4, -0.2) is 17.9 Å². The maximum Gasteiger partial charge on any atom is 0.0458 e. The zero-order valence-electron chi connectivity index (χ0n) is 13.8. The molecule has 128 valence electrons. The zero-order chi connectivity index (χ0) is 17.6. The Labute approximate surface area is 131 Å². The van der Waals surface area contributed by atoms with Crippen molar-refractivity contribution in [3.05, 3.63) is 0 Å². The van der Waals surface area contributed by atoms with Gasteiger partial charge in [-0.05, 0) is 30.6 Å². The highest BCUT2D eigenvalue weighted by Gasteiger charge is 2.34. The van der Waals surface area contributed by atoms with Gasteiger partial charge >= 0.3 is 0 Å². The smallest absolute Gasteiger partial charge is 0.0458 e. The number of hydrogen-bond donors (Lipinski definition) is 0. The van der Waals surface area contributed by atoms with Crippen molar-refractivity contribution < 1.29 is 29.7 Å². The van der Waals surface area contributed by atoms with Gasteiger partial charge in [-0.1, -0.05) is 34.6 Å². The van der Waals surface area contributed by atoms with E-state index in [1.54, 1.807) is 20.8 Å². The number of rotatable bonds is 10. The van der Waals surface area contributed by atoms with Gasteiger partial charge in [0.2, 0.25) is 0 Å². The van der Waals surface area contributed by atoms with Crippen LogP contribution in [0.5, 0.6) is 0 Å². The Kier molecular flexibility index (Phi) is 8.12. The second kappa shape index (κ2) is 8.76. The summed E-state index contributed by atoms with van der Waals surface area (Å²) in [6.07, 6.45) is 0.0430. The first kappa shape index (κ1) is 20.4. The fourth-order valence-corrected chi connectivity index (χ4v) is 2.57. The molecule has 0 fully saturated rings. The Hall–Kier alpha value is -1.59. The molecule has 0 bridgehead atoms. The largest absolute Gasteiger partial charge is 0.550 e. The van der Waals surface area contributed by atoms with Crippen LogP contribution in [0.3, 0.4) is 0 Å². The summed E-state index contributed by atoms with van der Waals surface area (Å²) < 4.78 is 0. The Morgan fingerprint density at radius 2 is 1.14 bits per heavy atom. The minimum absolute atomic E-state index is 0.0147. The Balaban J connectivity index is 5.57. The van der Waals surface area contributed by atoms with E-state index in [-0.39, 0.29) is 30.6 Å². The van der Waals surface area contributed by atoms with Crippen LogP contribution in [0, 0.1) is 35.5 Å². The fraction of sp³-hybridized carbons (Fsp3) is 0.812. The number of aliphatic carboxylic acids is 3. The maximum atomic E-state index is 11.4. The van der Waals surface area contributed by atoms with E-state index in [2.05, 4.69) is 0 Å². The minimum Gasteiger partial charge on any atom is -0.550 e.